The third-order valence-corrected chi connectivity index (χ3v) is 4.35. The molecule has 0 bridgehead atoms. The second kappa shape index (κ2) is 5.58. The topological polar surface area (TPSA) is 117 Å². The lowest BCUT2D eigenvalue weighted by Crippen LogP contribution is -2.14. The average molecular weight is 329 g/mol. The Morgan fingerprint density at radius 2 is 2.00 bits per heavy atom. The molecular weight excluding hydrogens is 320 g/mol. The third kappa shape index (κ3) is 3.23. The Morgan fingerprint density at radius 3 is 2.62 bits per heavy atom. The van der Waals surface area contributed by atoms with Crippen molar-refractivity contribution in [3.8, 4) is 5.75 Å². The van der Waals surface area contributed by atoms with Crippen LogP contribution in [-0.2, 0) is 10.0 Å². The first-order chi connectivity index (χ1) is 9.81. The second-order valence-corrected chi connectivity index (χ2v) is 6.01. The summed E-state index contributed by atoms with van der Waals surface area (Å²) in [6, 6.07) is 4.52. The number of nitrogens with zero attached hydrogens (tertiary/aromatic N) is 1. The molecule has 0 unspecified atom stereocenters. The zero-order valence-electron chi connectivity index (χ0n) is 10.3. The van der Waals surface area contributed by atoms with Crippen LogP contribution >= 0.6 is 11.6 Å². The van der Waals surface area contributed by atoms with Gasteiger partial charge in [-0.05, 0) is 24.3 Å². The fourth-order valence-corrected chi connectivity index (χ4v) is 3.01. The van der Waals surface area contributed by atoms with E-state index in [4.69, 9.17) is 16.7 Å². The number of hydrogen-bond acceptors (Lipinski definition) is 5. The fourth-order valence-electron chi connectivity index (χ4n) is 1.51. The fraction of sp³-hybridized carbons (Fsp3) is 0. The predicted octanol–water partition coefficient (Wildman–Crippen LogP) is 1.94. The van der Waals surface area contributed by atoms with E-state index < -0.39 is 21.7 Å². The van der Waals surface area contributed by atoms with E-state index in [1.807, 2.05) is 0 Å². The van der Waals surface area contributed by atoms with Crippen LogP contribution in [0, 0.1) is 0 Å². The van der Waals surface area contributed by atoms with Gasteiger partial charge in [0.2, 0.25) is 0 Å². The molecule has 0 saturated heterocycles. The molecule has 1 aromatic heterocycles. The Kier molecular flexibility index (Phi) is 4.01. The number of benzene rings is 1. The van der Waals surface area contributed by atoms with Crippen LogP contribution < -0.4 is 4.72 Å². The average Bonchev–Trinajstić information content (AvgIpc) is 2.41. The lowest BCUT2D eigenvalue weighted by Gasteiger charge is -2.11. The molecule has 0 fully saturated rings. The van der Waals surface area contributed by atoms with E-state index in [0.29, 0.717) is 0 Å². The molecule has 0 aliphatic carbocycles. The lowest BCUT2D eigenvalue weighted by molar-refractivity contribution is 0.0697. The van der Waals surface area contributed by atoms with E-state index in [-0.39, 0.29) is 21.2 Å². The van der Waals surface area contributed by atoms with Crippen molar-refractivity contribution in [3.63, 3.8) is 0 Å². The van der Waals surface area contributed by atoms with Gasteiger partial charge in [0.1, 0.15) is 10.6 Å². The van der Waals surface area contributed by atoms with Gasteiger partial charge in [-0.1, -0.05) is 11.6 Å². The van der Waals surface area contributed by atoms with Gasteiger partial charge in [0.05, 0.1) is 16.3 Å². The first-order valence-corrected chi connectivity index (χ1v) is 7.36. The molecule has 0 saturated carbocycles. The summed E-state index contributed by atoms with van der Waals surface area (Å²) in [5.74, 6) is -1.67. The Hall–Kier alpha value is -2.32. The van der Waals surface area contributed by atoms with E-state index in [1.165, 1.54) is 12.3 Å². The number of aromatic hydroxyl groups is 1. The molecule has 0 amide bonds. The van der Waals surface area contributed by atoms with Gasteiger partial charge in [0.15, 0.2) is 0 Å². The highest BCUT2D eigenvalue weighted by Crippen LogP contribution is 2.28. The van der Waals surface area contributed by atoms with Gasteiger partial charge in [-0.15, -0.1) is 0 Å². The van der Waals surface area contributed by atoms with Gasteiger partial charge in [0, 0.05) is 12.4 Å². The molecule has 110 valence electrons. The highest BCUT2D eigenvalue weighted by Gasteiger charge is 2.20. The number of carboxylic acids is 1. The van der Waals surface area contributed by atoms with Gasteiger partial charge < -0.3 is 10.2 Å². The Bertz CT molecular complexity index is 807. The summed E-state index contributed by atoms with van der Waals surface area (Å²) in [6.45, 7) is 0. The minimum Gasteiger partial charge on any atom is -0.506 e. The summed E-state index contributed by atoms with van der Waals surface area (Å²) in [5, 5.41) is 18.4. The molecule has 21 heavy (non-hydrogen) atoms. The van der Waals surface area contributed by atoms with Gasteiger partial charge in [0.25, 0.3) is 10.0 Å². The quantitative estimate of drug-likeness (QED) is 0.738. The first kappa shape index (κ1) is 15.1. The zero-order valence-corrected chi connectivity index (χ0v) is 11.9. The summed E-state index contributed by atoms with van der Waals surface area (Å²) in [6.07, 6.45) is 2.37. The highest BCUT2D eigenvalue weighted by atomic mass is 35.5. The van der Waals surface area contributed by atoms with Crippen LogP contribution in [0.2, 0.25) is 5.02 Å². The number of aromatic carboxylic acids is 1. The van der Waals surface area contributed by atoms with E-state index >= 15 is 0 Å². The van der Waals surface area contributed by atoms with Gasteiger partial charge in [-0.25, -0.2) is 13.2 Å². The van der Waals surface area contributed by atoms with Gasteiger partial charge in [-0.2, -0.15) is 0 Å². The number of carboxylic acid groups (broad SMARTS) is 1. The summed E-state index contributed by atoms with van der Waals surface area (Å²) in [5.41, 5.74) is -0.447. The molecule has 0 atom stereocenters. The molecule has 1 heterocycles. The molecule has 2 rings (SSSR count). The van der Waals surface area contributed by atoms with E-state index in [1.54, 1.807) is 0 Å². The molecule has 2 aromatic rings. The van der Waals surface area contributed by atoms with Crippen molar-refractivity contribution >= 4 is 33.3 Å². The van der Waals surface area contributed by atoms with E-state index in [0.717, 1.165) is 24.4 Å². The van der Waals surface area contributed by atoms with Crippen LogP contribution in [0.4, 0.5) is 5.69 Å². The Morgan fingerprint density at radius 1 is 1.29 bits per heavy atom. The normalized spacial score (nSPS) is 11.1. The van der Waals surface area contributed by atoms with Crippen LogP contribution in [0.3, 0.4) is 0 Å². The first-order valence-electron chi connectivity index (χ1n) is 5.50. The maximum Gasteiger partial charge on any atom is 0.335 e. The lowest BCUT2D eigenvalue weighted by atomic mass is 10.2. The van der Waals surface area contributed by atoms with Gasteiger partial charge >= 0.3 is 5.97 Å². The van der Waals surface area contributed by atoms with Crippen molar-refractivity contribution in [2.75, 3.05) is 4.72 Å². The highest BCUT2D eigenvalue weighted by molar-refractivity contribution is 7.92. The van der Waals surface area contributed by atoms with Crippen molar-refractivity contribution < 1.29 is 23.4 Å². The number of nitrogens with one attached hydrogen (secondary N) is 1. The second-order valence-electron chi connectivity index (χ2n) is 3.95. The maximum atomic E-state index is 12.2. The van der Waals surface area contributed by atoms with Crippen molar-refractivity contribution in [2.45, 2.75) is 4.90 Å². The number of halogens is 1. The summed E-state index contributed by atoms with van der Waals surface area (Å²) < 4.78 is 26.4. The van der Waals surface area contributed by atoms with Crippen molar-refractivity contribution in [1.82, 2.24) is 4.98 Å². The Balaban J connectivity index is 2.44. The molecule has 7 nitrogen and oxygen atoms in total. The number of anilines is 1. The number of sulfonamides is 1. The van der Waals surface area contributed by atoms with Crippen LogP contribution in [0.5, 0.6) is 5.75 Å². The predicted molar refractivity (Wildman–Crippen MR) is 75.1 cm³/mol. The van der Waals surface area contributed by atoms with Crippen LogP contribution in [0.15, 0.2) is 41.6 Å². The van der Waals surface area contributed by atoms with E-state index in [9.17, 15) is 18.3 Å². The van der Waals surface area contributed by atoms with Crippen molar-refractivity contribution in [1.29, 1.82) is 0 Å². The minimum absolute atomic E-state index is 0.0496. The van der Waals surface area contributed by atoms with Crippen LogP contribution in [0.25, 0.3) is 0 Å². The number of aromatic nitrogens is 1. The van der Waals surface area contributed by atoms with Crippen LogP contribution in [0.1, 0.15) is 10.4 Å². The molecule has 3 N–H and O–H groups in total. The molecule has 0 spiro atoms. The maximum absolute atomic E-state index is 12.2. The number of carbonyl (C=O) groups is 1. The van der Waals surface area contributed by atoms with Gasteiger partial charge in [-0.3, -0.25) is 9.71 Å². The zero-order chi connectivity index (χ0) is 15.6. The number of phenols is 1. The summed E-state index contributed by atoms with van der Waals surface area (Å²) >= 11 is 5.78. The molecule has 9 heteroatoms. The molecule has 1 aromatic carbocycles. The largest absolute Gasteiger partial charge is 0.506 e. The molecule has 0 aliphatic rings. The monoisotopic (exact) mass is 328 g/mol. The SMILES string of the molecule is O=C(O)c1ccc(O)c(NS(=O)(=O)c2cnccc2Cl)c1. The van der Waals surface area contributed by atoms with Crippen molar-refractivity contribution in [2.24, 2.45) is 0 Å². The molecular formula is C12H9ClN2O5S. The van der Waals surface area contributed by atoms with E-state index in [2.05, 4.69) is 9.71 Å². The number of phenolic OH excluding ortho intramolecular Hbond substituents is 1. The standard InChI is InChI=1S/C12H9ClN2O5S/c13-8-3-4-14-6-11(8)21(19,20)15-9-5-7(12(17)18)1-2-10(9)16/h1-6,15-16H,(H,17,18). The number of hydrogen-bond donors (Lipinski definition) is 3. The number of rotatable bonds is 4. The third-order valence-electron chi connectivity index (χ3n) is 2.51. The molecule has 0 radical (unpaired) electrons. The Labute approximate surface area is 124 Å². The van der Waals surface area contributed by atoms with Crippen LogP contribution in [-0.4, -0.2) is 29.6 Å². The van der Waals surface area contributed by atoms with Crippen molar-refractivity contribution in [3.05, 3.63) is 47.2 Å². The summed E-state index contributed by atoms with van der Waals surface area (Å²) in [4.78, 5) is 14.2. The molecule has 0 aliphatic heterocycles. The number of pyridine rings is 1. The minimum atomic E-state index is -4.11. The smallest absolute Gasteiger partial charge is 0.335 e. The summed E-state index contributed by atoms with van der Waals surface area (Å²) in [7, 11) is -4.11.